The highest BCUT2D eigenvalue weighted by Crippen LogP contribution is 2.39. The monoisotopic (exact) mass is 411 g/mol. The zero-order chi connectivity index (χ0) is 20.4. The molecule has 7 heteroatoms. The quantitative estimate of drug-likeness (QED) is 0.684. The summed E-state index contributed by atoms with van der Waals surface area (Å²) in [7, 11) is 2.07. The van der Waals surface area contributed by atoms with E-state index in [0.717, 1.165) is 37.5 Å². The lowest BCUT2D eigenvalue weighted by Gasteiger charge is -2.34. The van der Waals surface area contributed by atoms with Crippen LogP contribution in [0, 0.1) is 0 Å². The van der Waals surface area contributed by atoms with Gasteiger partial charge < -0.3 is 14.5 Å². The Hall–Kier alpha value is -2.64. The summed E-state index contributed by atoms with van der Waals surface area (Å²) in [6, 6.07) is 11.1. The van der Waals surface area contributed by atoms with E-state index in [1.807, 2.05) is 42.6 Å². The van der Waals surface area contributed by atoms with Gasteiger partial charge in [0.25, 0.3) is 11.8 Å². The Morgan fingerprint density at radius 3 is 2.45 bits per heavy atom. The average Bonchev–Trinajstić information content (AvgIpc) is 3.34. The fourth-order valence-corrected chi connectivity index (χ4v) is 4.44. The number of hydrogen-bond acceptors (Lipinski definition) is 6. The third kappa shape index (κ3) is 3.68. The first kappa shape index (κ1) is 19.7. The average molecular weight is 412 g/mol. The molecule has 2 aliphatic rings. The molecule has 1 saturated heterocycles. The Balaban J connectivity index is 1.76. The molecular weight excluding hydrogens is 386 g/mol. The Labute approximate surface area is 175 Å². The van der Waals surface area contributed by atoms with Crippen molar-refractivity contribution in [2.45, 2.75) is 13.3 Å². The zero-order valence-electron chi connectivity index (χ0n) is 16.8. The van der Waals surface area contributed by atoms with Crippen molar-refractivity contribution in [3.63, 3.8) is 0 Å². The van der Waals surface area contributed by atoms with Gasteiger partial charge in [0.2, 0.25) is 0 Å². The third-order valence-electron chi connectivity index (χ3n) is 5.21. The van der Waals surface area contributed by atoms with E-state index in [9.17, 15) is 9.59 Å². The summed E-state index contributed by atoms with van der Waals surface area (Å²) in [6.45, 7) is 5.72. The predicted octanol–water partition coefficient (Wildman–Crippen LogP) is 3.07. The number of thiophene rings is 1. The normalized spacial score (nSPS) is 18.1. The fraction of sp³-hybridized carbons (Fsp3) is 0.364. The van der Waals surface area contributed by atoms with E-state index in [1.165, 1.54) is 16.2 Å². The van der Waals surface area contributed by atoms with E-state index in [-0.39, 0.29) is 11.8 Å². The number of amides is 2. The van der Waals surface area contributed by atoms with Crippen LogP contribution in [0.25, 0.3) is 5.57 Å². The van der Waals surface area contributed by atoms with Crippen molar-refractivity contribution in [2.24, 2.45) is 0 Å². The molecule has 3 heterocycles. The largest absolute Gasteiger partial charge is 0.491 e. The van der Waals surface area contributed by atoms with Crippen LogP contribution in [-0.2, 0) is 9.59 Å². The number of piperazine rings is 1. The molecule has 0 atom stereocenters. The van der Waals surface area contributed by atoms with Crippen LogP contribution in [0.2, 0.25) is 0 Å². The lowest BCUT2D eigenvalue weighted by atomic mass is 10.1. The number of nitrogens with zero attached hydrogens (tertiary/aromatic N) is 3. The second-order valence-corrected chi connectivity index (χ2v) is 8.20. The molecule has 1 aromatic carbocycles. The first-order valence-corrected chi connectivity index (χ1v) is 10.8. The Morgan fingerprint density at radius 2 is 1.76 bits per heavy atom. The van der Waals surface area contributed by atoms with Gasteiger partial charge >= 0.3 is 0 Å². The van der Waals surface area contributed by atoms with Gasteiger partial charge in [-0.3, -0.25) is 9.59 Å². The van der Waals surface area contributed by atoms with Crippen molar-refractivity contribution in [3.8, 4) is 5.75 Å². The van der Waals surface area contributed by atoms with Gasteiger partial charge in [0.05, 0.1) is 17.9 Å². The van der Waals surface area contributed by atoms with Gasteiger partial charge in [-0.15, -0.1) is 11.3 Å². The summed E-state index contributed by atoms with van der Waals surface area (Å²) in [5.74, 6) is 0.00985. The van der Waals surface area contributed by atoms with Crippen molar-refractivity contribution < 1.29 is 14.3 Å². The maximum atomic E-state index is 13.6. The van der Waals surface area contributed by atoms with Crippen LogP contribution >= 0.6 is 11.3 Å². The minimum atomic E-state index is -0.279. The summed E-state index contributed by atoms with van der Waals surface area (Å²) < 4.78 is 5.83. The number of carbonyl (C=O) groups is 2. The standard InChI is InChI=1S/C22H25N3O3S/c1-3-14-28-17-8-5-4-7-16(17)25-21(26)19(18-9-6-15-29-18)20(22(25)27)24-12-10-23(2)11-13-24/h4-9,15H,3,10-14H2,1-2H3. The van der Waals surface area contributed by atoms with Crippen molar-refractivity contribution in [1.82, 2.24) is 9.80 Å². The first-order valence-electron chi connectivity index (χ1n) is 9.94. The summed E-state index contributed by atoms with van der Waals surface area (Å²) >= 11 is 1.48. The molecule has 0 aliphatic carbocycles. The highest BCUT2D eigenvalue weighted by Gasteiger charge is 2.44. The third-order valence-corrected chi connectivity index (χ3v) is 6.10. The molecular formula is C22H25N3O3S. The highest BCUT2D eigenvalue weighted by molar-refractivity contribution is 7.11. The maximum absolute atomic E-state index is 13.6. The van der Waals surface area contributed by atoms with E-state index in [2.05, 4.69) is 16.8 Å². The molecule has 4 rings (SSSR count). The van der Waals surface area contributed by atoms with Crippen LogP contribution < -0.4 is 9.64 Å². The van der Waals surface area contributed by atoms with Crippen LogP contribution in [0.4, 0.5) is 5.69 Å². The SMILES string of the molecule is CCCOc1ccccc1N1C(=O)C(c2cccs2)=C(N2CCN(C)CC2)C1=O. The molecule has 0 radical (unpaired) electrons. The Kier molecular flexibility index (Phi) is 5.69. The summed E-state index contributed by atoms with van der Waals surface area (Å²) in [5, 5.41) is 1.93. The number of imide groups is 1. The number of benzene rings is 1. The predicted molar refractivity (Wildman–Crippen MR) is 115 cm³/mol. The summed E-state index contributed by atoms with van der Waals surface area (Å²) in [6.07, 6.45) is 0.849. The van der Waals surface area contributed by atoms with Gasteiger partial charge in [-0.25, -0.2) is 4.90 Å². The van der Waals surface area contributed by atoms with Crippen molar-refractivity contribution >= 4 is 34.4 Å². The van der Waals surface area contributed by atoms with Gasteiger partial charge in [-0.2, -0.15) is 0 Å². The van der Waals surface area contributed by atoms with E-state index in [1.54, 1.807) is 6.07 Å². The van der Waals surface area contributed by atoms with E-state index in [4.69, 9.17) is 4.74 Å². The molecule has 0 unspecified atom stereocenters. The molecule has 1 fully saturated rings. The molecule has 2 aromatic rings. The molecule has 0 saturated carbocycles. The molecule has 2 amide bonds. The molecule has 1 aromatic heterocycles. The molecule has 152 valence electrons. The Morgan fingerprint density at radius 1 is 1.00 bits per heavy atom. The van der Waals surface area contributed by atoms with Crippen LogP contribution in [0.3, 0.4) is 0 Å². The number of para-hydroxylation sites is 2. The van der Waals surface area contributed by atoms with Crippen molar-refractivity contribution in [3.05, 3.63) is 52.4 Å². The topological polar surface area (TPSA) is 53.1 Å². The van der Waals surface area contributed by atoms with Crippen LogP contribution in [0.1, 0.15) is 18.2 Å². The maximum Gasteiger partial charge on any atom is 0.282 e. The van der Waals surface area contributed by atoms with Gasteiger partial charge in [-0.05, 0) is 37.0 Å². The fourth-order valence-electron chi connectivity index (χ4n) is 3.68. The van der Waals surface area contributed by atoms with Crippen LogP contribution in [0.15, 0.2) is 47.5 Å². The lowest BCUT2D eigenvalue weighted by Crippen LogP contribution is -2.46. The van der Waals surface area contributed by atoms with Crippen molar-refractivity contribution in [2.75, 3.05) is 44.7 Å². The number of rotatable bonds is 6. The number of likely N-dealkylation sites (N-methyl/N-ethyl adjacent to an activating group) is 1. The number of ether oxygens (including phenoxy) is 1. The van der Waals surface area contributed by atoms with Crippen LogP contribution in [-0.4, -0.2) is 61.4 Å². The van der Waals surface area contributed by atoms with Gasteiger partial charge in [0.15, 0.2) is 0 Å². The zero-order valence-corrected chi connectivity index (χ0v) is 17.6. The Bertz CT molecular complexity index is 931. The molecule has 0 spiro atoms. The minimum Gasteiger partial charge on any atom is -0.491 e. The van der Waals surface area contributed by atoms with Gasteiger partial charge in [0, 0.05) is 31.1 Å². The number of anilines is 1. The molecule has 29 heavy (non-hydrogen) atoms. The molecule has 6 nitrogen and oxygen atoms in total. The van der Waals surface area contributed by atoms with E-state index >= 15 is 0 Å². The highest BCUT2D eigenvalue weighted by atomic mass is 32.1. The second-order valence-electron chi connectivity index (χ2n) is 7.25. The summed E-state index contributed by atoms with van der Waals surface area (Å²) in [5.41, 5.74) is 1.52. The lowest BCUT2D eigenvalue weighted by molar-refractivity contribution is -0.120. The second kappa shape index (κ2) is 8.39. The number of carbonyl (C=O) groups excluding carboxylic acids is 2. The minimum absolute atomic E-state index is 0.268. The van der Waals surface area contributed by atoms with Gasteiger partial charge in [0.1, 0.15) is 11.4 Å². The van der Waals surface area contributed by atoms with E-state index < -0.39 is 0 Å². The molecule has 0 bridgehead atoms. The smallest absolute Gasteiger partial charge is 0.282 e. The van der Waals surface area contributed by atoms with Gasteiger partial charge in [-0.1, -0.05) is 25.1 Å². The van der Waals surface area contributed by atoms with Crippen LogP contribution in [0.5, 0.6) is 5.75 Å². The summed E-state index contributed by atoms with van der Waals surface area (Å²) in [4.78, 5) is 33.5. The first-order chi connectivity index (χ1) is 14.1. The molecule has 2 aliphatic heterocycles. The van der Waals surface area contributed by atoms with E-state index in [0.29, 0.717) is 29.3 Å². The molecule has 0 N–H and O–H groups in total. The number of hydrogen-bond donors (Lipinski definition) is 0. The van der Waals surface area contributed by atoms with Crippen molar-refractivity contribution in [1.29, 1.82) is 0 Å².